The summed E-state index contributed by atoms with van der Waals surface area (Å²) in [5.41, 5.74) is 0. The molecule has 0 aliphatic rings. The Kier molecular flexibility index (Phi) is 75.8. The SMILES string of the molecule is CC/C=C\C/C=C\C/C=C\C/C=C\C/C=C\C/C=C\CCC(=O)OC[C@H](COP(=O)(O)OC[C@@H](O)COP(=O)(O)OC[C@@H](COC(=O)CC/C=C\C/C=C\C/C=C\C/C=C\C/C=C\C/C=C\CC)OC(=O)CCCCCCCCCCCCCCCCC)OC(=O)CCCCCCCCC/C=C\CCCCCC. The lowest BCUT2D eigenvalue weighted by molar-refractivity contribution is -0.161. The zero-order valence-corrected chi connectivity index (χ0v) is 69.3. The van der Waals surface area contributed by atoms with Gasteiger partial charge in [-0.2, -0.15) is 0 Å². The van der Waals surface area contributed by atoms with Crippen molar-refractivity contribution in [3.63, 3.8) is 0 Å². The monoisotopic (exact) mass is 1550 g/mol. The van der Waals surface area contributed by atoms with Crippen LogP contribution in [0.15, 0.2) is 158 Å². The number of aliphatic hydroxyl groups excluding tert-OH is 1. The third kappa shape index (κ3) is 78.8. The van der Waals surface area contributed by atoms with Gasteiger partial charge in [-0.25, -0.2) is 9.13 Å². The predicted molar refractivity (Wildman–Crippen MR) is 445 cm³/mol. The molecule has 0 saturated heterocycles. The molecule has 5 atom stereocenters. The number of hydrogen-bond donors (Lipinski definition) is 3. The third-order valence-electron chi connectivity index (χ3n) is 17.0. The van der Waals surface area contributed by atoms with Gasteiger partial charge in [0.2, 0.25) is 0 Å². The molecule has 0 amide bonds. The van der Waals surface area contributed by atoms with Crippen LogP contribution in [-0.2, 0) is 65.4 Å². The first kappa shape index (κ1) is 103. The first-order chi connectivity index (χ1) is 52.7. The molecule has 17 nitrogen and oxygen atoms in total. The van der Waals surface area contributed by atoms with Gasteiger partial charge in [0.05, 0.1) is 26.4 Å². The molecule has 0 fully saturated rings. The average Bonchev–Trinajstić information content (AvgIpc) is 0.923. The number of unbranched alkanes of at least 4 members (excludes halogenated alkanes) is 25. The first-order valence-corrected chi connectivity index (χ1v) is 44.7. The maximum absolute atomic E-state index is 13.1. The number of esters is 4. The molecule has 19 heteroatoms. The van der Waals surface area contributed by atoms with Crippen LogP contribution in [-0.4, -0.2) is 96.7 Å². The van der Waals surface area contributed by atoms with E-state index in [9.17, 15) is 43.2 Å². The van der Waals surface area contributed by atoms with Crippen LogP contribution >= 0.6 is 15.6 Å². The number of phosphoric ester groups is 2. The van der Waals surface area contributed by atoms with Gasteiger partial charge in [0.1, 0.15) is 19.3 Å². The summed E-state index contributed by atoms with van der Waals surface area (Å²) in [6.07, 6.45) is 93.8. The minimum atomic E-state index is -5.01. The molecule has 3 N–H and O–H groups in total. The van der Waals surface area contributed by atoms with Crippen molar-refractivity contribution in [2.24, 2.45) is 0 Å². The molecule has 0 aromatic carbocycles. The quantitative estimate of drug-likeness (QED) is 0.0169. The Morgan fingerprint density at radius 2 is 0.500 bits per heavy atom. The standard InChI is InChI=1S/C89H148O17P2/c1-5-9-13-17-21-25-29-33-37-39-41-43-47-49-53-57-61-65-69-73-86(91)99-79-84(105-88(93)75-71-67-63-59-55-51-45-35-31-27-23-19-15-11-7-3)81-103-107(95,96)101-77-83(90)78-102-108(97,98)104-82-85(106-89(94)76-72-68-64-60-56-52-46-36-32-28-24-20-16-12-8-4)80-100-87(92)74-70-66-62-58-54-50-48-44-42-40-38-34-30-26-22-18-14-10-6-2/h9-10,13-14,21-22,25-27,31,33-34,37-38,41-44,49-50,53-54,61-62,65-66,83-85,90H,5-8,11-12,15-20,23-24,28-30,32,35-36,39-40,45-48,51-52,55-60,63-64,67-82H2,1-4H3,(H,95,96)(H,97,98)/b13-9-,14-10-,25-21-,26-22-,31-27-,37-33-,38-34-,43-41-,44-42-,53-49-,54-50-,65-61-,66-62-/t83-,84-,85-/m1/s1. The Balaban J connectivity index is 5.49. The molecule has 0 aliphatic heterocycles. The van der Waals surface area contributed by atoms with Crippen molar-refractivity contribution in [3.8, 4) is 0 Å². The Hall–Kier alpha value is -5.32. The molecule has 0 bridgehead atoms. The Bertz CT molecular complexity index is 2660. The van der Waals surface area contributed by atoms with Gasteiger partial charge in [0, 0.05) is 25.7 Å². The predicted octanol–water partition coefficient (Wildman–Crippen LogP) is 24.8. The summed E-state index contributed by atoms with van der Waals surface area (Å²) in [4.78, 5) is 73.1. The molecule has 0 aromatic rings. The summed E-state index contributed by atoms with van der Waals surface area (Å²) in [6, 6.07) is 0. The van der Waals surface area contributed by atoms with E-state index in [1.807, 2.05) is 36.5 Å². The summed E-state index contributed by atoms with van der Waals surface area (Å²) >= 11 is 0. The number of ether oxygens (including phenoxy) is 4. The second-order valence-electron chi connectivity index (χ2n) is 27.3. The fourth-order valence-electron chi connectivity index (χ4n) is 10.7. The molecule has 0 radical (unpaired) electrons. The van der Waals surface area contributed by atoms with Crippen LogP contribution in [0.4, 0.5) is 0 Å². The van der Waals surface area contributed by atoms with Crippen molar-refractivity contribution in [2.75, 3.05) is 39.6 Å². The smallest absolute Gasteiger partial charge is 0.462 e. The highest BCUT2D eigenvalue weighted by Crippen LogP contribution is 2.45. The molecule has 0 rings (SSSR count). The number of rotatable bonds is 77. The normalized spacial score (nSPS) is 14.6. The van der Waals surface area contributed by atoms with E-state index in [2.05, 4.69) is 149 Å². The number of carbonyl (C=O) groups is 4. The van der Waals surface area contributed by atoms with Crippen molar-refractivity contribution in [1.29, 1.82) is 0 Å². The number of aliphatic hydroxyl groups is 1. The van der Waals surface area contributed by atoms with Crippen LogP contribution in [0.25, 0.3) is 0 Å². The van der Waals surface area contributed by atoms with Gasteiger partial charge in [-0.1, -0.05) is 327 Å². The van der Waals surface area contributed by atoms with E-state index in [4.69, 9.17) is 37.0 Å². The van der Waals surface area contributed by atoms with Crippen molar-refractivity contribution < 1.29 is 80.2 Å². The van der Waals surface area contributed by atoms with Gasteiger partial charge in [-0.05, 0) is 128 Å². The first-order valence-electron chi connectivity index (χ1n) is 41.7. The number of hydrogen-bond acceptors (Lipinski definition) is 15. The van der Waals surface area contributed by atoms with E-state index in [0.717, 1.165) is 141 Å². The van der Waals surface area contributed by atoms with E-state index in [1.54, 1.807) is 0 Å². The highest BCUT2D eigenvalue weighted by Gasteiger charge is 2.30. The molecule has 0 saturated carbocycles. The van der Waals surface area contributed by atoms with Gasteiger partial charge in [-0.15, -0.1) is 0 Å². The second kappa shape index (κ2) is 79.8. The van der Waals surface area contributed by atoms with Gasteiger partial charge < -0.3 is 33.8 Å². The molecule has 0 aromatic heterocycles. The number of carbonyl (C=O) groups excluding carboxylic acids is 4. The lowest BCUT2D eigenvalue weighted by Crippen LogP contribution is -2.30. The minimum Gasteiger partial charge on any atom is -0.462 e. The lowest BCUT2D eigenvalue weighted by atomic mass is 10.0. The molecule has 616 valence electrons. The van der Waals surface area contributed by atoms with E-state index in [1.165, 1.54) is 89.9 Å². The van der Waals surface area contributed by atoms with Gasteiger partial charge in [0.25, 0.3) is 0 Å². The van der Waals surface area contributed by atoms with Crippen molar-refractivity contribution in [2.45, 2.75) is 341 Å². The molecule has 0 spiro atoms. The van der Waals surface area contributed by atoms with Crippen molar-refractivity contribution in [1.82, 2.24) is 0 Å². The van der Waals surface area contributed by atoms with Crippen LogP contribution < -0.4 is 0 Å². The van der Waals surface area contributed by atoms with Crippen LogP contribution in [0, 0.1) is 0 Å². The Morgan fingerprint density at radius 3 is 0.787 bits per heavy atom. The minimum absolute atomic E-state index is 0.0306. The maximum atomic E-state index is 13.1. The van der Waals surface area contributed by atoms with E-state index >= 15 is 0 Å². The van der Waals surface area contributed by atoms with Gasteiger partial charge in [0.15, 0.2) is 12.2 Å². The zero-order valence-electron chi connectivity index (χ0n) is 67.5. The fourth-order valence-corrected chi connectivity index (χ4v) is 12.3. The van der Waals surface area contributed by atoms with Crippen LogP contribution in [0.3, 0.4) is 0 Å². The summed E-state index contributed by atoms with van der Waals surface area (Å²) in [7, 11) is -10.0. The molecule has 108 heavy (non-hydrogen) atoms. The molecular formula is C89H148O17P2. The highest BCUT2D eigenvalue weighted by molar-refractivity contribution is 7.47. The molecule has 0 heterocycles. The summed E-state index contributed by atoms with van der Waals surface area (Å²) in [6.45, 7) is 4.49. The average molecular weight is 1550 g/mol. The zero-order chi connectivity index (χ0) is 78.9. The fraction of sp³-hybridized carbons (Fsp3) is 0.663. The summed E-state index contributed by atoms with van der Waals surface area (Å²) < 4.78 is 68.6. The largest absolute Gasteiger partial charge is 0.472 e. The van der Waals surface area contributed by atoms with E-state index < -0.39 is 97.5 Å². The van der Waals surface area contributed by atoms with Gasteiger partial charge >= 0.3 is 39.5 Å². The number of allylic oxidation sites excluding steroid dienone is 26. The van der Waals surface area contributed by atoms with Crippen LogP contribution in [0.5, 0.6) is 0 Å². The second-order valence-corrected chi connectivity index (χ2v) is 30.2. The van der Waals surface area contributed by atoms with Crippen molar-refractivity contribution in [3.05, 3.63) is 158 Å². The summed E-state index contributed by atoms with van der Waals surface area (Å²) in [5.74, 6) is -2.37. The van der Waals surface area contributed by atoms with Crippen LogP contribution in [0.1, 0.15) is 323 Å². The number of phosphoric acid groups is 2. The lowest BCUT2D eigenvalue weighted by Gasteiger charge is -2.21. The maximum Gasteiger partial charge on any atom is 0.472 e. The third-order valence-corrected chi connectivity index (χ3v) is 18.9. The highest BCUT2D eigenvalue weighted by atomic mass is 31.2. The van der Waals surface area contributed by atoms with Gasteiger partial charge in [-0.3, -0.25) is 37.3 Å². The Morgan fingerprint density at radius 1 is 0.269 bits per heavy atom. The molecule has 0 aliphatic carbocycles. The van der Waals surface area contributed by atoms with Crippen molar-refractivity contribution >= 4 is 39.5 Å². The Labute approximate surface area is 655 Å². The molecule has 2 unspecified atom stereocenters. The molecular weight excluding hydrogens is 1400 g/mol. The topological polar surface area (TPSA) is 237 Å². The van der Waals surface area contributed by atoms with E-state index in [0.29, 0.717) is 38.5 Å². The summed E-state index contributed by atoms with van der Waals surface area (Å²) in [5, 5.41) is 10.7. The van der Waals surface area contributed by atoms with Crippen LogP contribution in [0.2, 0.25) is 0 Å². The van der Waals surface area contributed by atoms with E-state index in [-0.39, 0.29) is 25.7 Å².